The van der Waals surface area contributed by atoms with Crippen molar-refractivity contribution in [3.8, 4) is 0 Å². The zero-order valence-electron chi connectivity index (χ0n) is 11.2. The van der Waals surface area contributed by atoms with Gasteiger partial charge in [-0.05, 0) is 31.5 Å². The maximum atomic E-state index is 12.1. The number of hydrogen-bond acceptors (Lipinski definition) is 3. The summed E-state index contributed by atoms with van der Waals surface area (Å²) >= 11 is 0. The summed E-state index contributed by atoms with van der Waals surface area (Å²) in [5, 5.41) is 11.2. The minimum absolute atomic E-state index is 0.150. The number of hydrogen-bond donors (Lipinski definition) is 3. The fraction of sp³-hybridized carbons (Fsp3) is 0.333. The summed E-state index contributed by atoms with van der Waals surface area (Å²) in [7, 11) is 0. The van der Waals surface area contributed by atoms with Crippen LogP contribution in [-0.2, 0) is 0 Å². The van der Waals surface area contributed by atoms with Crippen molar-refractivity contribution in [2.75, 3.05) is 18.4 Å². The molecule has 1 saturated heterocycles. The first-order chi connectivity index (χ1) is 9.83. The molecule has 1 atom stereocenters. The lowest BCUT2D eigenvalue weighted by atomic mass is 10.1. The molecule has 1 fully saturated rings. The predicted molar refractivity (Wildman–Crippen MR) is 79.8 cm³/mol. The highest BCUT2D eigenvalue weighted by atomic mass is 16.2. The molecule has 1 unspecified atom stereocenters. The molecule has 20 heavy (non-hydrogen) atoms. The first kappa shape index (κ1) is 12.9. The lowest BCUT2D eigenvalue weighted by Crippen LogP contribution is -2.47. The van der Waals surface area contributed by atoms with Crippen LogP contribution in [0.3, 0.4) is 0 Å². The summed E-state index contributed by atoms with van der Waals surface area (Å²) in [6, 6.07) is 7.77. The minimum atomic E-state index is -0.150. The lowest BCUT2D eigenvalue weighted by molar-refractivity contribution is 0.245. The van der Waals surface area contributed by atoms with Crippen molar-refractivity contribution in [1.29, 1.82) is 0 Å². The molecule has 1 aromatic carbocycles. The molecule has 5 heteroatoms. The van der Waals surface area contributed by atoms with Crippen LogP contribution in [-0.4, -0.2) is 30.1 Å². The van der Waals surface area contributed by atoms with Crippen LogP contribution < -0.4 is 16.0 Å². The van der Waals surface area contributed by atoms with E-state index in [-0.39, 0.29) is 12.1 Å². The van der Waals surface area contributed by atoms with Crippen molar-refractivity contribution in [2.45, 2.75) is 18.9 Å². The van der Waals surface area contributed by atoms with Gasteiger partial charge in [-0.1, -0.05) is 12.1 Å². The minimum Gasteiger partial charge on any atom is -0.334 e. The smallest absolute Gasteiger partial charge is 0.319 e. The van der Waals surface area contributed by atoms with E-state index in [9.17, 15) is 4.79 Å². The van der Waals surface area contributed by atoms with E-state index in [0.717, 1.165) is 42.4 Å². The summed E-state index contributed by atoms with van der Waals surface area (Å²) in [6.45, 7) is 1.88. The molecular formula is C15H18N4O. The van der Waals surface area contributed by atoms with Gasteiger partial charge in [0, 0.05) is 35.8 Å². The summed E-state index contributed by atoms with van der Waals surface area (Å²) < 4.78 is 0. The molecule has 2 amide bonds. The van der Waals surface area contributed by atoms with Crippen LogP contribution in [0, 0.1) is 0 Å². The molecule has 1 aromatic heterocycles. The zero-order valence-corrected chi connectivity index (χ0v) is 11.2. The summed E-state index contributed by atoms with van der Waals surface area (Å²) in [5.41, 5.74) is 0.811. The largest absolute Gasteiger partial charge is 0.334 e. The number of aromatic nitrogens is 1. The molecule has 1 aliphatic heterocycles. The standard InChI is InChI=1S/C15H18N4O/c20-15(18-12-4-2-7-16-10-12)19-14-5-1-3-11-9-17-8-6-13(11)14/h1,3,5-6,8-9,12,16H,2,4,7,10H2,(H2,18,19,20). The van der Waals surface area contributed by atoms with E-state index in [0.29, 0.717) is 0 Å². The number of pyridine rings is 1. The molecule has 1 aliphatic rings. The van der Waals surface area contributed by atoms with Crippen LogP contribution in [0.2, 0.25) is 0 Å². The average Bonchev–Trinajstić information content (AvgIpc) is 2.48. The third-order valence-electron chi connectivity index (χ3n) is 3.56. The van der Waals surface area contributed by atoms with Gasteiger partial charge >= 0.3 is 6.03 Å². The lowest BCUT2D eigenvalue weighted by Gasteiger charge is -2.24. The predicted octanol–water partition coefficient (Wildman–Crippen LogP) is 2.11. The summed E-state index contributed by atoms with van der Waals surface area (Å²) in [5.74, 6) is 0. The number of anilines is 1. The number of carbonyl (C=O) groups is 1. The van der Waals surface area contributed by atoms with Gasteiger partial charge in [-0.25, -0.2) is 4.79 Å². The Morgan fingerprint density at radius 3 is 3.15 bits per heavy atom. The Morgan fingerprint density at radius 2 is 2.30 bits per heavy atom. The molecule has 2 heterocycles. The van der Waals surface area contributed by atoms with Crippen LogP contribution in [0.4, 0.5) is 10.5 Å². The second-order valence-electron chi connectivity index (χ2n) is 5.04. The van der Waals surface area contributed by atoms with Crippen molar-refractivity contribution >= 4 is 22.5 Å². The number of carbonyl (C=O) groups excluding carboxylic acids is 1. The molecule has 0 spiro atoms. The van der Waals surface area contributed by atoms with Gasteiger partial charge in [-0.3, -0.25) is 4.98 Å². The van der Waals surface area contributed by atoms with E-state index < -0.39 is 0 Å². The molecule has 104 valence electrons. The van der Waals surface area contributed by atoms with E-state index in [2.05, 4.69) is 20.9 Å². The second-order valence-corrected chi connectivity index (χ2v) is 5.04. The number of amides is 2. The van der Waals surface area contributed by atoms with Gasteiger partial charge in [0.25, 0.3) is 0 Å². The molecule has 0 radical (unpaired) electrons. The Kier molecular flexibility index (Phi) is 3.78. The van der Waals surface area contributed by atoms with Gasteiger partial charge in [0.15, 0.2) is 0 Å². The molecule has 3 rings (SSSR count). The third-order valence-corrected chi connectivity index (χ3v) is 3.56. The number of nitrogens with zero attached hydrogens (tertiary/aromatic N) is 1. The summed E-state index contributed by atoms with van der Waals surface area (Å²) in [4.78, 5) is 16.1. The van der Waals surface area contributed by atoms with Crippen molar-refractivity contribution in [2.24, 2.45) is 0 Å². The van der Waals surface area contributed by atoms with E-state index in [4.69, 9.17) is 0 Å². The maximum absolute atomic E-state index is 12.1. The number of nitrogens with one attached hydrogen (secondary N) is 3. The van der Waals surface area contributed by atoms with Gasteiger partial charge in [0.05, 0.1) is 5.69 Å². The first-order valence-corrected chi connectivity index (χ1v) is 6.94. The van der Waals surface area contributed by atoms with Crippen molar-refractivity contribution < 1.29 is 4.79 Å². The fourth-order valence-electron chi connectivity index (χ4n) is 2.55. The Bertz CT molecular complexity index is 602. The highest BCUT2D eigenvalue weighted by Crippen LogP contribution is 2.21. The number of benzene rings is 1. The molecule has 2 aromatic rings. The number of piperidine rings is 1. The monoisotopic (exact) mass is 270 g/mol. The number of rotatable bonds is 2. The SMILES string of the molecule is O=C(Nc1cccc2cnccc12)NC1CCCNC1. The maximum Gasteiger partial charge on any atom is 0.319 e. The van der Waals surface area contributed by atoms with Crippen LogP contribution in [0.1, 0.15) is 12.8 Å². The number of urea groups is 1. The molecular weight excluding hydrogens is 252 g/mol. The van der Waals surface area contributed by atoms with Gasteiger partial charge in [0.2, 0.25) is 0 Å². The van der Waals surface area contributed by atoms with Crippen LogP contribution >= 0.6 is 0 Å². The van der Waals surface area contributed by atoms with Crippen molar-refractivity contribution in [3.05, 3.63) is 36.7 Å². The molecule has 3 N–H and O–H groups in total. The highest BCUT2D eigenvalue weighted by Gasteiger charge is 2.15. The van der Waals surface area contributed by atoms with E-state index in [1.165, 1.54) is 0 Å². The molecule has 0 aliphatic carbocycles. The summed E-state index contributed by atoms with van der Waals surface area (Å²) in [6.07, 6.45) is 5.66. The highest BCUT2D eigenvalue weighted by molar-refractivity contribution is 6.01. The van der Waals surface area contributed by atoms with E-state index in [1.54, 1.807) is 12.4 Å². The fourth-order valence-corrected chi connectivity index (χ4v) is 2.55. The van der Waals surface area contributed by atoms with Crippen LogP contribution in [0.5, 0.6) is 0 Å². The Morgan fingerprint density at radius 1 is 1.35 bits per heavy atom. The molecule has 0 bridgehead atoms. The van der Waals surface area contributed by atoms with Gasteiger partial charge in [-0.2, -0.15) is 0 Å². The van der Waals surface area contributed by atoms with Crippen molar-refractivity contribution in [1.82, 2.24) is 15.6 Å². The Balaban J connectivity index is 1.71. The van der Waals surface area contributed by atoms with Gasteiger partial charge in [0.1, 0.15) is 0 Å². The van der Waals surface area contributed by atoms with E-state index in [1.807, 2.05) is 24.3 Å². The third kappa shape index (κ3) is 2.88. The topological polar surface area (TPSA) is 66.0 Å². The van der Waals surface area contributed by atoms with Gasteiger partial charge < -0.3 is 16.0 Å². The molecule has 0 saturated carbocycles. The Labute approximate surface area is 117 Å². The average molecular weight is 270 g/mol. The van der Waals surface area contributed by atoms with Crippen LogP contribution in [0.25, 0.3) is 10.8 Å². The molecule has 5 nitrogen and oxygen atoms in total. The Hall–Kier alpha value is -2.14. The normalized spacial score (nSPS) is 18.7. The van der Waals surface area contributed by atoms with Crippen molar-refractivity contribution in [3.63, 3.8) is 0 Å². The number of fused-ring (bicyclic) bond motifs is 1. The quantitative estimate of drug-likeness (QED) is 0.783. The zero-order chi connectivity index (χ0) is 13.8. The first-order valence-electron chi connectivity index (χ1n) is 6.94. The second kappa shape index (κ2) is 5.88. The van der Waals surface area contributed by atoms with E-state index >= 15 is 0 Å². The van der Waals surface area contributed by atoms with Gasteiger partial charge in [-0.15, -0.1) is 0 Å². The van der Waals surface area contributed by atoms with Crippen LogP contribution in [0.15, 0.2) is 36.7 Å².